The minimum atomic E-state index is -1.49. The van der Waals surface area contributed by atoms with Crippen LogP contribution in [0.3, 0.4) is 0 Å². The van der Waals surface area contributed by atoms with Crippen LogP contribution in [0.25, 0.3) is 55.6 Å². The summed E-state index contributed by atoms with van der Waals surface area (Å²) >= 11 is 0. The summed E-state index contributed by atoms with van der Waals surface area (Å²) in [5.41, 5.74) is 19.7. The van der Waals surface area contributed by atoms with E-state index in [0.29, 0.717) is 10.9 Å². The molecule has 4 nitrogen and oxygen atoms in total. The van der Waals surface area contributed by atoms with Crippen LogP contribution in [0.5, 0.6) is 0 Å². The lowest BCUT2D eigenvalue weighted by Gasteiger charge is -2.24. The van der Waals surface area contributed by atoms with Crippen LogP contribution in [-0.2, 0) is 16.2 Å². The van der Waals surface area contributed by atoms with Crippen molar-refractivity contribution in [1.82, 2.24) is 0 Å². The molecule has 0 fully saturated rings. The number of fused-ring (bicyclic) bond motifs is 9. The minimum absolute atomic E-state index is 0.196. The monoisotopic (exact) mass is 666 g/mol. The van der Waals surface area contributed by atoms with Gasteiger partial charge in [-0.25, -0.2) is 0 Å². The maximum absolute atomic E-state index is 9.84. The molecule has 0 atom stereocenters. The fourth-order valence-electron chi connectivity index (χ4n) is 9.29. The van der Waals surface area contributed by atoms with Gasteiger partial charge in [-0.15, -0.1) is 0 Å². The Balaban J connectivity index is 1.06. The standard InChI is InChI=1S/C45H40B2O4/c1-43(2)37-19-25(27-9-15-33-35-17-11-29(46(48)49)23-41(35)44(3,4)39(33)21-27)7-13-31(37)32-14-8-26(20-38(32)43)28-10-16-34-36-18-12-30(47(50)51)24-42(36)45(5,6)40(34)22-28/h7-24,48-51H,1-6H3. The smallest absolute Gasteiger partial charge is 0.423 e. The third-order valence-corrected chi connectivity index (χ3v) is 12.3. The first-order valence-electron chi connectivity index (χ1n) is 17.8. The fraction of sp³-hybridized carbons (Fsp3) is 0.200. The highest BCUT2D eigenvalue weighted by Gasteiger charge is 2.39. The van der Waals surface area contributed by atoms with E-state index in [1.165, 1.54) is 66.8 Å². The lowest BCUT2D eigenvalue weighted by molar-refractivity contribution is 0.424. The van der Waals surface area contributed by atoms with Crippen molar-refractivity contribution in [3.8, 4) is 55.6 Å². The maximum Gasteiger partial charge on any atom is 0.488 e. The molecule has 6 aromatic rings. The van der Waals surface area contributed by atoms with Crippen molar-refractivity contribution >= 4 is 25.2 Å². The van der Waals surface area contributed by atoms with Crippen LogP contribution in [-0.4, -0.2) is 34.3 Å². The Kier molecular flexibility index (Phi) is 6.73. The molecule has 6 heteroatoms. The average molecular weight is 666 g/mol. The van der Waals surface area contributed by atoms with Crippen LogP contribution in [0.1, 0.15) is 74.9 Å². The van der Waals surface area contributed by atoms with Crippen molar-refractivity contribution in [1.29, 1.82) is 0 Å². The predicted octanol–water partition coefficient (Wildman–Crippen LogP) is 7.30. The number of rotatable bonds is 4. The highest BCUT2D eigenvalue weighted by molar-refractivity contribution is 6.59. The zero-order valence-corrected chi connectivity index (χ0v) is 29.8. The molecule has 0 heterocycles. The van der Waals surface area contributed by atoms with Crippen molar-refractivity contribution in [3.05, 3.63) is 143 Å². The molecule has 0 saturated heterocycles. The second-order valence-electron chi connectivity index (χ2n) is 16.3. The van der Waals surface area contributed by atoms with E-state index in [0.717, 1.165) is 22.3 Å². The number of hydrogen-bond donors (Lipinski definition) is 4. The van der Waals surface area contributed by atoms with E-state index < -0.39 is 14.2 Å². The van der Waals surface area contributed by atoms with Gasteiger partial charge in [0, 0.05) is 16.2 Å². The molecule has 0 aromatic heterocycles. The van der Waals surface area contributed by atoms with Gasteiger partial charge in [-0.3, -0.25) is 0 Å². The molecule has 0 aliphatic heterocycles. The summed E-state index contributed by atoms with van der Waals surface area (Å²) in [4.78, 5) is 0. The lowest BCUT2D eigenvalue weighted by Crippen LogP contribution is -2.31. The van der Waals surface area contributed by atoms with Crippen LogP contribution < -0.4 is 10.9 Å². The van der Waals surface area contributed by atoms with E-state index in [9.17, 15) is 20.1 Å². The molecule has 0 amide bonds. The molecule has 4 N–H and O–H groups in total. The van der Waals surface area contributed by atoms with Crippen molar-refractivity contribution in [2.45, 2.75) is 57.8 Å². The van der Waals surface area contributed by atoms with E-state index in [1.54, 1.807) is 12.1 Å². The van der Waals surface area contributed by atoms with Gasteiger partial charge in [0.2, 0.25) is 0 Å². The fourth-order valence-corrected chi connectivity index (χ4v) is 9.29. The number of benzene rings is 6. The van der Waals surface area contributed by atoms with Gasteiger partial charge in [0.15, 0.2) is 0 Å². The van der Waals surface area contributed by atoms with E-state index >= 15 is 0 Å². The van der Waals surface area contributed by atoms with Gasteiger partial charge < -0.3 is 20.1 Å². The second kappa shape index (κ2) is 10.7. The summed E-state index contributed by atoms with van der Waals surface area (Å²) in [5, 5.41) is 39.4. The van der Waals surface area contributed by atoms with Crippen LogP contribution in [0.15, 0.2) is 109 Å². The summed E-state index contributed by atoms with van der Waals surface area (Å²) in [6, 6.07) is 38.8. The molecule has 9 rings (SSSR count). The zero-order valence-electron chi connectivity index (χ0n) is 29.8. The SMILES string of the molecule is CC1(C)c2cc(B(O)O)ccc2-c2ccc(-c3ccc4c(c3)C(C)(C)c3cc(-c5ccc6c(c5)C(C)(C)c5cc(B(O)O)ccc5-6)ccc3-4)cc21. The van der Waals surface area contributed by atoms with Crippen molar-refractivity contribution in [2.75, 3.05) is 0 Å². The molecular weight excluding hydrogens is 626 g/mol. The third kappa shape index (κ3) is 4.50. The minimum Gasteiger partial charge on any atom is -0.423 e. The molecule has 6 aromatic carbocycles. The highest BCUT2D eigenvalue weighted by Crippen LogP contribution is 2.54. The van der Waals surface area contributed by atoms with Gasteiger partial charge in [-0.2, -0.15) is 0 Å². The molecule has 0 bridgehead atoms. The Labute approximate surface area is 300 Å². The lowest BCUT2D eigenvalue weighted by atomic mass is 9.75. The maximum atomic E-state index is 9.84. The first-order chi connectivity index (χ1) is 24.2. The molecule has 0 saturated carbocycles. The Morgan fingerprint density at radius 2 is 0.529 bits per heavy atom. The quantitative estimate of drug-likeness (QED) is 0.149. The third-order valence-electron chi connectivity index (χ3n) is 12.3. The van der Waals surface area contributed by atoms with Gasteiger partial charge in [0.1, 0.15) is 0 Å². The zero-order chi connectivity index (χ0) is 35.8. The van der Waals surface area contributed by atoms with Crippen LogP contribution in [0.4, 0.5) is 0 Å². The average Bonchev–Trinajstić information content (AvgIpc) is 3.59. The molecule has 250 valence electrons. The summed E-state index contributed by atoms with van der Waals surface area (Å²) in [5.74, 6) is 0. The van der Waals surface area contributed by atoms with Gasteiger partial charge in [0.05, 0.1) is 0 Å². The molecule has 0 radical (unpaired) electrons. The summed E-state index contributed by atoms with van der Waals surface area (Å²) in [6.07, 6.45) is 0. The highest BCUT2D eigenvalue weighted by atomic mass is 16.4. The van der Waals surface area contributed by atoms with Crippen molar-refractivity contribution in [3.63, 3.8) is 0 Å². The Bertz CT molecular complexity index is 2300. The predicted molar refractivity (Wildman–Crippen MR) is 210 cm³/mol. The molecule has 0 spiro atoms. The Morgan fingerprint density at radius 1 is 0.314 bits per heavy atom. The van der Waals surface area contributed by atoms with Crippen LogP contribution in [0, 0.1) is 0 Å². The van der Waals surface area contributed by atoms with Crippen LogP contribution in [0.2, 0.25) is 0 Å². The van der Waals surface area contributed by atoms with Gasteiger partial charge in [-0.05, 0) is 124 Å². The topological polar surface area (TPSA) is 80.9 Å². The van der Waals surface area contributed by atoms with E-state index in [4.69, 9.17) is 0 Å². The Hall–Kier alpha value is -4.71. The van der Waals surface area contributed by atoms with Gasteiger partial charge in [-0.1, -0.05) is 126 Å². The molecule has 51 heavy (non-hydrogen) atoms. The van der Waals surface area contributed by atoms with Gasteiger partial charge >= 0.3 is 14.2 Å². The first kappa shape index (κ1) is 32.2. The summed E-state index contributed by atoms with van der Waals surface area (Å²) in [6.45, 7) is 13.5. The van der Waals surface area contributed by atoms with E-state index in [1.807, 2.05) is 24.3 Å². The number of hydrogen-bond acceptors (Lipinski definition) is 4. The van der Waals surface area contributed by atoms with Crippen molar-refractivity contribution in [2.24, 2.45) is 0 Å². The molecule has 3 aliphatic carbocycles. The molecular formula is C45H40B2O4. The van der Waals surface area contributed by atoms with E-state index in [-0.39, 0.29) is 16.2 Å². The first-order valence-corrected chi connectivity index (χ1v) is 17.8. The van der Waals surface area contributed by atoms with E-state index in [2.05, 4.69) is 114 Å². The Morgan fingerprint density at radius 3 is 0.765 bits per heavy atom. The summed E-state index contributed by atoms with van der Waals surface area (Å²) < 4.78 is 0. The normalized spacial score (nSPS) is 16.1. The second-order valence-corrected chi connectivity index (χ2v) is 16.3. The van der Waals surface area contributed by atoms with Crippen LogP contribution >= 0.6 is 0 Å². The largest absolute Gasteiger partial charge is 0.488 e. The summed E-state index contributed by atoms with van der Waals surface area (Å²) in [7, 11) is -2.98. The van der Waals surface area contributed by atoms with Gasteiger partial charge in [0.25, 0.3) is 0 Å². The molecule has 3 aliphatic rings. The molecule has 0 unspecified atom stereocenters. The van der Waals surface area contributed by atoms with Crippen molar-refractivity contribution < 1.29 is 20.1 Å².